The highest BCUT2D eigenvalue weighted by molar-refractivity contribution is 5.65. The third-order valence-electron chi connectivity index (χ3n) is 7.13. The van der Waals surface area contributed by atoms with Gasteiger partial charge in [-0.05, 0) is 79.8 Å². The van der Waals surface area contributed by atoms with E-state index in [1.807, 2.05) is 0 Å². The molecule has 0 radical (unpaired) electrons. The molecule has 0 aliphatic heterocycles. The maximum Gasteiger partial charge on any atom is 0.166 e. The molecule has 1 fully saturated rings. The smallest absolute Gasteiger partial charge is 0.166 e. The first-order valence-corrected chi connectivity index (χ1v) is 13.7. The Labute approximate surface area is 223 Å². The molecular weight excluding hydrogens is 489 g/mol. The van der Waals surface area contributed by atoms with Crippen LogP contribution in [0.4, 0.5) is 13.2 Å². The number of hydrogen-bond acceptors (Lipinski definition) is 3. The van der Waals surface area contributed by atoms with Crippen LogP contribution in [0.15, 0.2) is 54.6 Å². The molecule has 0 spiro atoms. The van der Waals surface area contributed by atoms with E-state index in [1.54, 1.807) is 48.5 Å². The molecule has 6 heteroatoms. The maximum absolute atomic E-state index is 15.1. The Balaban J connectivity index is 1.36. The van der Waals surface area contributed by atoms with Crippen molar-refractivity contribution in [2.24, 2.45) is 0 Å². The first-order valence-electron chi connectivity index (χ1n) is 13.7. The van der Waals surface area contributed by atoms with Gasteiger partial charge in [-0.25, -0.2) is 13.2 Å². The number of hydrogen-bond donors (Lipinski definition) is 0. The van der Waals surface area contributed by atoms with E-state index in [2.05, 4.69) is 13.8 Å². The molecule has 0 aromatic heterocycles. The molecule has 1 aliphatic rings. The van der Waals surface area contributed by atoms with E-state index in [4.69, 9.17) is 14.2 Å². The summed E-state index contributed by atoms with van der Waals surface area (Å²) in [6, 6.07) is 14.8. The summed E-state index contributed by atoms with van der Waals surface area (Å²) in [4.78, 5) is 0. The zero-order valence-corrected chi connectivity index (χ0v) is 22.3. The zero-order valence-electron chi connectivity index (χ0n) is 22.3. The van der Waals surface area contributed by atoms with Crippen molar-refractivity contribution >= 4 is 0 Å². The van der Waals surface area contributed by atoms with Crippen molar-refractivity contribution in [1.82, 2.24) is 0 Å². The van der Waals surface area contributed by atoms with Crippen molar-refractivity contribution in [2.45, 2.75) is 77.4 Å². The summed E-state index contributed by atoms with van der Waals surface area (Å²) < 4.78 is 61.7. The predicted molar refractivity (Wildman–Crippen MR) is 144 cm³/mol. The van der Waals surface area contributed by atoms with Crippen LogP contribution in [0.25, 0.3) is 11.1 Å². The van der Waals surface area contributed by atoms with Crippen molar-refractivity contribution < 1.29 is 27.4 Å². The Hall–Kier alpha value is -2.99. The first-order chi connectivity index (χ1) is 18.5. The molecule has 0 heterocycles. The van der Waals surface area contributed by atoms with E-state index in [9.17, 15) is 4.39 Å². The average molecular weight is 527 g/mol. The second-order valence-electron chi connectivity index (χ2n) is 9.94. The third-order valence-corrected chi connectivity index (χ3v) is 7.13. The zero-order chi connectivity index (χ0) is 26.9. The van der Waals surface area contributed by atoms with Crippen LogP contribution in [0.3, 0.4) is 0 Å². The van der Waals surface area contributed by atoms with Gasteiger partial charge in [0, 0.05) is 23.8 Å². The summed E-state index contributed by atoms with van der Waals surface area (Å²) in [6.07, 6.45) is 6.47. The van der Waals surface area contributed by atoms with Crippen molar-refractivity contribution in [3.05, 3.63) is 83.2 Å². The second-order valence-corrected chi connectivity index (χ2v) is 9.94. The quantitative estimate of drug-likeness (QED) is 0.220. The Morgan fingerprint density at radius 3 is 2.16 bits per heavy atom. The molecule has 0 N–H and O–H groups in total. The lowest BCUT2D eigenvalue weighted by atomic mass is 9.82. The van der Waals surface area contributed by atoms with E-state index in [0.29, 0.717) is 34.8 Å². The van der Waals surface area contributed by atoms with Gasteiger partial charge in [-0.15, -0.1) is 0 Å². The molecule has 1 aliphatic carbocycles. The highest BCUT2D eigenvalue weighted by atomic mass is 19.2. The van der Waals surface area contributed by atoms with Crippen LogP contribution in [0, 0.1) is 17.5 Å². The minimum absolute atomic E-state index is 0.00756. The van der Waals surface area contributed by atoms with Crippen molar-refractivity contribution in [3.63, 3.8) is 0 Å². The van der Waals surface area contributed by atoms with Gasteiger partial charge in [-0.1, -0.05) is 44.5 Å². The molecule has 3 aromatic carbocycles. The molecule has 0 bridgehead atoms. The number of rotatable bonds is 12. The standard InChI is InChI=1S/C32H37F3O3/c1-3-5-19-37-27-15-10-24(30(33)20-27)21-38-26-13-8-23(9-14-26)29-17-16-28(31(34)32(29)35)22-6-11-25(12-7-22)36-18-4-2/h8-10,13-17,20,22,25H,3-7,11-12,18-19,21H2,1-2H3. The lowest BCUT2D eigenvalue weighted by molar-refractivity contribution is 0.0249. The summed E-state index contributed by atoms with van der Waals surface area (Å²) in [6.45, 7) is 5.50. The second kappa shape index (κ2) is 13.7. The minimum Gasteiger partial charge on any atom is -0.493 e. The molecule has 1 saturated carbocycles. The molecule has 0 unspecified atom stereocenters. The van der Waals surface area contributed by atoms with Gasteiger partial charge in [0.25, 0.3) is 0 Å². The highest BCUT2D eigenvalue weighted by Gasteiger charge is 2.27. The highest BCUT2D eigenvalue weighted by Crippen LogP contribution is 2.38. The summed E-state index contributed by atoms with van der Waals surface area (Å²) in [7, 11) is 0. The van der Waals surface area contributed by atoms with Gasteiger partial charge in [0.1, 0.15) is 23.9 Å². The number of benzene rings is 3. The molecule has 0 saturated heterocycles. The number of halogens is 3. The van der Waals surface area contributed by atoms with Gasteiger partial charge in [-0.3, -0.25) is 0 Å². The molecule has 38 heavy (non-hydrogen) atoms. The summed E-state index contributed by atoms with van der Waals surface area (Å²) in [5.74, 6) is -0.973. The molecule has 3 nitrogen and oxygen atoms in total. The fraction of sp³-hybridized carbons (Fsp3) is 0.438. The van der Waals surface area contributed by atoms with Gasteiger partial charge in [-0.2, -0.15) is 0 Å². The normalized spacial score (nSPS) is 17.4. The van der Waals surface area contributed by atoms with Crippen molar-refractivity contribution in [3.8, 4) is 22.6 Å². The van der Waals surface area contributed by atoms with Crippen LogP contribution in [0.5, 0.6) is 11.5 Å². The average Bonchev–Trinajstić information content (AvgIpc) is 2.94. The molecule has 0 atom stereocenters. The Kier molecular flexibility index (Phi) is 10.1. The van der Waals surface area contributed by atoms with Gasteiger partial charge in [0.2, 0.25) is 0 Å². The Morgan fingerprint density at radius 2 is 1.47 bits per heavy atom. The molecule has 4 rings (SSSR count). The largest absolute Gasteiger partial charge is 0.493 e. The first kappa shape index (κ1) is 28.0. The lowest BCUT2D eigenvalue weighted by Crippen LogP contribution is -2.21. The SMILES string of the molecule is CCCCOc1ccc(COc2ccc(-c3ccc(C4CCC(OCCC)CC4)c(F)c3F)cc2)c(F)c1. The number of ether oxygens (including phenoxy) is 3. The maximum atomic E-state index is 15.1. The predicted octanol–water partition coefficient (Wildman–Crippen LogP) is 8.98. The Bertz CT molecular complexity index is 1170. The molecule has 3 aromatic rings. The topological polar surface area (TPSA) is 27.7 Å². The van der Waals surface area contributed by atoms with E-state index < -0.39 is 17.5 Å². The summed E-state index contributed by atoms with van der Waals surface area (Å²) in [5, 5.41) is 0. The van der Waals surface area contributed by atoms with Crippen LogP contribution in [0.1, 0.15) is 75.8 Å². The fourth-order valence-corrected chi connectivity index (χ4v) is 4.89. The van der Waals surface area contributed by atoms with Crippen LogP contribution in [-0.2, 0) is 11.3 Å². The van der Waals surface area contributed by atoms with Crippen LogP contribution >= 0.6 is 0 Å². The van der Waals surface area contributed by atoms with Gasteiger partial charge >= 0.3 is 0 Å². The molecule has 0 amide bonds. The van der Waals surface area contributed by atoms with Crippen LogP contribution in [0.2, 0.25) is 0 Å². The van der Waals surface area contributed by atoms with Crippen molar-refractivity contribution in [1.29, 1.82) is 0 Å². The summed E-state index contributed by atoms with van der Waals surface area (Å²) in [5.41, 5.74) is 1.62. The van der Waals surface area contributed by atoms with Gasteiger partial charge < -0.3 is 14.2 Å². The van der Waals surface area contributed by atoms with E-state index in [0.717, 1.165) is 51.6 Å². The fourth-order valence-electron chi connectivity index (χ4n) is 4.89. The minimum atomic E-state index is -0.830. The number of unbranched alkanes of at least 4 members (excludes halogenated alkanes) is 1. The molecule has 204 valence electrons. The van der Waals surface area contributed by atoms with Gasteiger partial charge in [0.05, 0.1) is 12.7 Å². The summed E-state index contributed by atoms with van der Waals surface area (Å²) >= 11 is 0. The van der Waals surface area contributed by atoms with E-state index in [-0.39, 0.29) is 24.2 Å². The third kappa shape index (κ3) is 7.10. The van der Waals surface area contributed by atoms with Crippen molar-refractivity contribution in [2.75, 3.05) is 13.2 Å². The monoisotopic (exact) mass is 526 g/mol. The molecular formula is C32H37F3O3. The van der Waals surface area contributed by atoms with Crippen LogP contribution in [-0.4, -0.2) is 19.3 Å². The Morgan fingerprint density at radius 1 is 0.737 bits per heavy atom. The van der Waals surface area contributed by atoms with E-state index >= 15 is 8.78 Å². The van der Waals surface area contributed by atoms with Gasteiger partial charge in [0.15, 0.2) is 11.6 Å². The lowest BCUT2D eigenvalue weighted by Gasteiger charge is -2.29. The van der Waals surface area contributed by atoms with E-state index in [1.165, 1.54) is 6.07 Å². The van der Waals surface area contributed by atoms with Crippen LogP contribution < -0.4 is 9.47 Å².